The smallest absolute Gasteiger partial charge is 0.181 e. The minimum absolute atomic E-state index is 0.0857. The Labute approximate surface area is 129 Å². The third kappa shape index (κ3) is 4.46. The van der Waals surface area contributed by atoms with Crippen LogP contribution in [0.3, 0.4) is 0 Å². The van der Waals surface area contributed by atoms with E-state index in [-0.39, 0.29) is 17.3 Å². The number of rotatable bonds is 6. The van der Waals surface area contributed by atoms with Crippen LogP contribution in [0.25, 0.3) is 0 Å². The predicted octanol–water partition coefficient (Wildman–Crippen LogP) is 2.65. The van der Waals surface area contributed by atoms with Gasteiger partial charge in [0.15, 0.2) is 9.84 Å². The van der Waals surface area contributed by atoms with Gasteiger partial charge >= 0.3 is 0 Å². The van der Waals surface area contributed by atoms with Crippen molar-refractivity contribution in [2.24, 2.45) is 5.73 Å². The van der Waals surface area contributed by atoms with Gasteiger partial charge in [0.1, 0.15) is 12.4 Å². The lowest BCUT2D eigenvalue weighted by Gasteiger charge is -2.08. The molecule has 0 atom stereocenters. The Bertz CT molecular complexity index is 682. The van der Waals surface area contributed by atoms with Crippen LogP contribution in [0, 0.1) is 0 Å². The second-order valence-electron chi connectivity index (χ2n) is 4.47. The Morgan fingerprint density at radius 1 is 1.00 bits per heavy atom. The lowest BCUT2D eigenvalue weighted by molar-refractivity contribution is 0.341. The first-order valence-corrected chi connectivity index (χ1v) is 8.44. The Hall–Kier alpha value is -1.56. The van der Waals surface area contributed by atoms with E-state index in [1.54, 1.807) is 48.5 Å². The molecule has 0 spiro atoms. The molecule has 0 fully saturated rings. The molecule has 0 amide bonds. The molecule has 6 heteroatoms. The van der Waals surface area contributed by atoms with E-state index in [2.05, 4.69) is 0 Å². The first-order valence-electron chi connectivity index (χ1n) is 6.41. The zero-order valence-electron chi connectivity index (χ0n) is 11.3. The molecule has 0 aliphatic rings. The fourth-order valence-corrected chi connectivity index (χ4v) is 2.97. The van der Waals surface area contributed by atoms with E-state index in [1.807, 2.05) is 0 Å². The molecular formula is C15H16ClNO3S. The molecule has 4 nitrogen and oxygen atoms in total. The minimum Gasteiger partial charge on any atom is -0.493 e. The van der Waals surface area contributed by atoms with Crippen LogP contribution in [0.2, 0.25) is 5.02 Å². The van der Waals surface area contributed by atoms with Gasteiger partial charge in [-0.2, -0.15) is 0 Å². The average molecular weight is 326 g/mol. The second-order valence-corrected chi connectivity index (χ2v) is 7.01. The lowest BCUT2D eigenvalue weighted by Crippen LogP contribution is -2.14. The van der Waals surface area contributed by atoms with E-state index in [4.69, 9.17) is 22.1 Å². The number of hydrogen-bond acceptors (Lipinski definition) is 4. The predicted molar refractivity (Wildman–Crippen MR) is 83.3 cm³/mol. The van der Waals surface area contributed by atoms with Crippen LogP contribution in [-0.2, 0) is 16.4 Å². The van der Waals surface area contributed by atoms with Crippen LogP contribution in [0.15, 0.2) is 53.4 Å². The zero-order valence-corrected chi connectivity index (χ0v) is 12.9. The molecule has 0 unspecified atom stereocenters. The number of ether oxygens (including phenoxy) is 1. The summed E-state index contributed by atoms with van der Waals surface area (Å²) >= 11 is 5.76. The van der Waals surface area contributed by atoms with Crippen molar-refractivity contribution in [1.82, 2.24) is 0 Å². The molecule has 2 aromatic carbocycles. The molecule has 0 aromatic heterocycles. The standard InChI is InChI=1S/C15H16ClNO3S/c16-13-3-5-14(6-4-13)20-9-10-21(18,19)15-7-1-12(11-17)2-8-15/h1-8H,9-11,17H2. The Morgan fingerprint density at radius 2 is 1.62 bits per heavy atom. The second kappa shape index (κ2) is 6.93. The van der Waals surface area contributed by atoms with Gasteiger partial charge in [-0.1, -0.05) is 23.7 Å². The van der Waals surface area contributed by atoms with Crippen molar-refractivity contribution in [3.05, 3.63) is 59.1 Å². The summed E-state index contributed by atoms with van der Waals surface area (Å²) in [4.78, 5) is 0.277. The van der Waals surface area contributed by atoms with Gasteiger partial charge in [-0.15, -0.1) is 0 Å². The van der Waals surface area contributed by atoms with Gasteiger partial charge in [0.05, 0.1) is 10.6 Å². The third-order valence-corrected chi connectivity index (χ3v) is 4.90. The molecule has 0 aliphatic heterocycles. The maximum Gasteiger partial charge on any atom is 0.181 e. The largest absolute Gasteiger partial charge is 0.493 e. The SMILES string of the molecule is NCc1ccc(S(=O)(=O)CCOc2ccc(Cl)cc2)cc1. The van der Waals surface area contributed by atoms with Crippen LogP contribution >= 0.6 is 11.6 Å². The molecule has 0 heterocycles. The normalized spacial score (nSPS) is 11.3. The van der Waals surface area contributed by atoms with Crippen molar-refractivity contribution in [1.29, 1.82) is 0 Å². The van der Waals surface area contributed by atoms with Gasteiger partial charge in [-0.05, 0) is 42.0 Å². The summed E-state index contributed by atoms with van der Waals surface area (Å²) < 4.78 is 29.7. The molecule has 2 rings (SSSR count). The highest BCUT2D eigenvalue weighted by molar-refractivity contribution is 7.91. The number of hydrogen-bond donors (Lipinski definition) is 1. The monoisotopic (exact) mass is 325 g/mol. The van der Waals surface area contributed by atoms with Crippen molar-refractivity contribution in [2.45, 2.75) is 11.4 Å². The first-order chi connectivity index (χ1) is 10.0. The maximum absolute atomic E-state index is 12.1. The Balaban J connectivity index is 1.95. The average Bonchev–Trinajstić information content (AvgIpc) is 2.49. The van der Waals surface area contributed by atoms with Gasteiger partial charge in [0.25, 0.3) is 0 Å². The summed E-state index contributed by atoms with van der Waals surface area (Å²) in [6, 6.07) is 13.4. The zero-order chi connectivity index (χ0) is 15.3. The number of sulfone groups is 1. The lowest BCUT2D eigenvalue weighted by atomic mass is 10.2. The van der Waals surface area contributed by atoms with Crippen LogP contribution in [0.1, 0.15) is 5.56 Å². The quantitative estimate of drug-likeness (QED) is 0.886. The minimum atomic E-state index is -3.36. The van der Waals surface area contributed by atoms with Crippen LogP contribution in [0.5, 0.6) is 5.75 Å². The van der Waals surface area contributed by atoms with Crippen molar-refractivity contribution in [3.63, 3.8) is 0 Å². The summed E-state index contributed by atoms with van der Waals surface area (Å²) in [5, 5.41) is 0.606. The molecule has 0 bridgehead atoms. The number of nitrogens with two attached hydrogens (primary N) is 1. The highest BCUT2D eigenvalue weighted by Gasteiger charge is 2.14. The number of halogens is 1. The molecule has 0 saturated carbocycles. The van der Waals surface area contributed by atoms with Gasteiger partial charge in [-0.3, -0.25) is 0 Å². The molecule has 21 heavy (non-hydrogen) atoms. The molecule has 2 N–H and O–H groups in total. The third-order valence-electron chi connectivity index (χ3n) is 2.95. The molecule has 112 valence electrons. The fraction of sp³-hybridized carbons (Fsp3) is 0.200. The molecule has 2 aromatic rings. The highest BCUT2D eigenvalue weighted by Crippen LogP contribution is 2.16. The molecule has 0 saturated heterocycles. The molecule has 0 aliphatic carbocycles. The van der Waals surface area contributed by atoms with E-state index in [1.165, 1.54) is 0 Å². The first kappa shape index (κ1) is 15.8. The van der Waals surface area contributed by atoms with Gasteiger partial charge in [-0.25, -0.2) is 8.42 Å². The van der Waals surface area contributed by atoms with E-state index in [9.17, 15) is 8.42 Å². The topological polar surface area (TPSA) is 69.4 Å². The van der Waals surface area contributed by atoms with Crippen molar-refractivity contribution in [3.8, 4) is 5.75 Å². The summed E-state index contributed by atoms with van der Waals surface area (Å²) in [7, 11) is -3.36. The van der Waals surface area contributed by atoms with Gasteiger partial charge in [0.2, 0.25) is 0 Å². The van der Waals surface area contributed by atoms with Gasteiger partial charge in [0, 0.05) is 11.6 Å². The Morgan fingerprint density at radius 3 is 2.19 bits per heavy atom. The fourth-order valence-electron chi connectivity index (χ4n) is 1.75. The van der Waals surface area contributed by atoms with Crippen molar-refractivity contribution >= 4 is 21.4 Å². The Kier molecular flexibility index (Phi) is 5.22. The summed E-state index contributed by atoms with van der Waals surface area (Å²) in [5.74, 6) is 0.505. The van der Waals surface area contributed by atoms with Crippen molar-refractivity contribution in [2.75, 3.05) is 12.4 Å². The van der Waals surface area contributed by atoms with E-state index in [0.29, 0.717) is 17.3 Å². The summed E-state index contributed by atoms with van der Waals surface area (Å²) in [6.45, 7) is 0.475. The van der Waals surface area contributed by atoms with E-state index in [0.717, 1.165) is 5.56 Å². The summed E-state index contributed by atoms with van der Waals surface area (Å²) in [6.07, 6.45) is 0. The molecule has 0 radical (unpaired) electrons. The van der Waals surface area contributed by atoms with Crippen LogP contribution < -0.4 is 10.5 Å². The van der Waals surface area contributed by atoms with E-state index >= 15 is 0 Å². The van der Waals surface area contributed by atoms with Crippen molar-refractivity contribution < 1.29 is 13.2 Å². The summed E-state index contributed by atoms with van der Waals surface area (Å²) in [5.41, 5.74) is 6.38. The van der Waals surface area contributed by atoms with Crippen LogP contribution in [0.4, 0.5) is 0 Å². The number of benzene rings is 2. The van der Waals surface area contributed by atoms with Crippen LogP contribution in [-0.4, -0.2) is 20.8 Å². The highest BCUT2D eigenvalue weighted by atomic mass is 35.5. The maximum atomic E-state index is 12.1. The van der Waals surface area contributed by atoms with E-state index < -0.39 is 9.84 Å². The van der Waals surface area contributed by atoms with Gasteiger partial charge < -0.3 is 10.5 Å². The molecular weight excluding hydrogens is 310 g/mol.